The molecule has 138 valence electrons. The van der Waals surface area contributed by atoms with Crippen LogP contribution in [0.5, 0.6) is 0 Å². The van der Waals surface area contributed by atoms with E-state index in [1.54, 1.807) is 0 Å². The maximum Gasteiger partial charge on any atom is 0.343 e. The Balaban J connectivity index is 1.77. The summed E-state index contributed by atoms with van der Waals surface area (Å²) in [5.74, 6) is 0.134. The van der Waals surface area contributed by atoms with Gasteiger partial charge >= 0.3 is 5.69 Å². The zero-order chi connectivity index (χ0) is 19.5. The van der Waals surface area contributed by atoms with Gasteiger partial charge in [0.2, 0.25) is 5.82 Å². The number of para-hydroxylation sites is 1. The van der Waals surface area contributed by atoms with E-state index >= 15 is 0 Å². The number of nitrogens with zero attached hydrogens (tertiary/aromatic N) is 4. The first kappa shape index (κ1) is 17.9. The number of anilines is 2. The monoisotopic (exact) mass is 389 g/mol. The largest absolute Gasteiger partial charge is 0.343 e. The summed E-state index contributed by atoms with van der Waals surface area (Å²) in [5.41, 5.74) is 2.08. The van der Waals surface area contributed by atoms with Crippen molar-refractivity contribution in [3.63, 3.8) is 0 Å². The lowest BCUT2D eigenvalue weighted by Gasteiger charge is -2.10. The molecule has 0 aliphatic heterocycles. The third-order valence-corrected chi connectivity index (χ3v) is 5.04. The molecule has 0 aliphatic rings. The topological polar surface area (TPSA) is 93.8 Å². The van der Waals surface area contributed by atoms with Crippen LogP contribution < -0.4 is 5.32 Å². The number of benzene rings is 2. The van der Waals surface area contributed by atoms with Crippen molar-refractivity contribution in [2.75, 3.05) is 5.32 Å². The predicted octanol–water partition coefficient (Wildman–Crippen LogP) is 5.14. The lowest BCUT2D eigenvalue weighted by molar-refractivity contribution is -0.387. The average molecular weight is 389 g/mol. The number of nitrogens with one attached hydrogen (secondary N) is 1. The fourth-order valence-electron chi connectivity index (χ4n) is 2.77. The summed E-state index contributed by atoms with van der Waals surface area (Å²) >= 11 is 1.22. The van der Waals surface area contributed by atoms with Crippen molar-refractivity contribution < 1.29 is 4.92 Å². The van der Waals surface area contributed by atoms with Gasteiger partial charge in [-0.3, -0.25) is 15.1 Å². The van der Waals surface area contributed by atoms with Crippen LogP contribution in [0.4, 0.5) is 17.2 Å². The Morgan fingerprint density at radius 1 is 1.00 bits per heavy atom. The highest BCUT2D eigenvalue weighted by Crippen LogP contribution is 2.38. The first-order valence-corrected chi connectivity index (χ1v) is 9.29. The molecule has 0 saturated heterocycles. The zero-order valence-corrected chi connectivity index (χ0v) is 15.7. The van der Waals surface area contributed by atoms with Gasteiger partial charge in [-0.05, 0) is 31.2 Å². The van der Waals surface area contributed by atoms with Crippen LogP contribution in [0.1, 0.15) is 5.69 Å². The molecule has 8 heteroatoms. The van der Waals surface area contributed by atoms with E-state index in [1.807, 2.05) is 67.6 Å². The minimum Gasteiger partial charge on any atom is -0.333 e. The summed E-state index contributed by atoms with van der Waals surface area (Å²) < 4.78 is 0. The number of nitro groups is 1. The Labute approximate surface area is 165 Å². The van der Waals surface area contributed by atoms with Crippen LogP contribution in [-0.4, -0.2) is 19.9 Å². The number of hydrogen-bond acceptors (Lipinski definition) is 7. The summed E-state index contributed by atoms with van der Waals surface area (Å²) in [4.78, 5) is 25.0. The molecule has 2 aromatic heterocycles. The van der Waals surface area contributed by atoms with Crippen LogP contribution in [0, 0.1) is 17.0 Å². The summed E-state index contributed by atoms with van der Waals surface area (Å²) in [6.45, 7) is 1.90. The highest BCUT2D eigenvalue weighted by atomic mass is 32.2. The van der Waals surface area contributed by atoms with E-state index in [4.69, 9.17) is 0 Å². The molecule has 0 unspecified atom stereocenters. The van der Waals surface area contributed by atoms with E-state index in [2.05, 4.69) is 20.3 Å². The second-order valence-electron chi connectivity index (χ2n) is 6.00. The molecule has 1 N–H and O–H groups in total. The van der Waals surface area contributed by atoms with Gasteiger partial charge < -0.3 is 5.32 Å². The molecule has 7 nitrogen and oxygen atoms in total. The molecule has 4 aromatic rings. The van der Waals surface area contributed by atoms with E-state index in [0.717, 1.165) is 21.5 Å². The van der Waals surface area contributed by atoms with Gasteiger partial charge in [0, 0.05) is 16.0 Å². The fourth-order valence-corrected chi connectivity index (χ4v) is 3.65. The molecule has 28 heavy (non-hydrogen) atoms. The SMILES string of the molecule is Cc1ccc2cccc(Nc3ncnc(Sc4ccccc4)c3[N+](=O)[O-])c2n1. The number of hydrogen-bond donors (Lipinski definition) is 1. The standard InChI is InChI=1S/C20H15N5O2S/c1-13-10-11-14-6-5-9-16(17(14)23-13)24-19-18(25(26)27)20(22-12-21-19)28-15-7-3-2-4-8-15/h2-12H,1H3,(H,21,22,24). The van der Waals surface area contributed by atoms with Crippen molar-refractivity contribution in [2.24, 2.45) is 0 Å². The summed E-state index contributed by atoms with van der Waals surface area (Å²) in [5, 5.41) is 16.1. The van der Waals surface area contributed by atoms with Gasteiger partial charge in [0.15, 0.2) is 5.03 Å². The molecule has 0 radical (unpaired) electrons. The first-order chi connectivity index (χ1) is 13.6. The zero-order valence-electron chi connectivity index (χ0n) is 14.9. The second kappa shape index (κ2) is 7.61. The highest BCUT2D eigenvalue weighted by molar-refractivity contribution is 7.99. The second-order valence-corrected chi connectivity index (χ2v) is 7.07. The normalized spacial score (nSPS) is 10.8. The maximum atomic E-state index is 11.8. The minimum atomic E-state index is -0.461. The lowest BCUT2D eigenvalue weighted by Crippen LogP contribution is -2.03. The molecular weight excluding hydrogens is 374 g/mol. The molecule has 0 bridgehead atoms. The number of aryl methyl sites for hydroxylation is 1. The van der Waals surface area contributed by atoms with E-state index in [-0.39, 0.29) is 16.5 Å². The molecule has 4 rings (SSSR count). The van der Waals surface area contributed by atoms with Crippen LogP contribution in [0.25, 0.3) is 10.9 Å². The Morgan fingerprint density at radius 2 is 1.82 bits per heavy atom. The number of rotatable bonds is 5. The number of aromatic nitrogens is 3. The predicted molar refractivity (Wildman–Crippen MR) is 109 cm³/mol. The number of fused-ring (bicyclic) bond motifs is 1. The van der Waals surface area contributed by atoms with Gasteiger partial charge in [-0.1, -0.05) is 48.2 Å². The Bertz CT molecular complexity index is 1170. The van der Waals surface area contributed by atoms with Crippen LogP contribution in [0.2, 0.25) is 0 Å². The van der Waals surface area contributed by atoms with Crippen molar-refractivity contribution in [3.05, 3.63) is 82.8 Å². The minimum absolute atomic E-state index is 0.134. The van der Waals surface area contributed by atoms with Crippen LogP contribution >= 0.6 is 11.8 Å². The molecule has 2 heterocycles. The fraction of sp³-hybridized carbons (Fsp3) is 0.0500. The van der Waals surface area contributed by atoms with Gasteiger partial charge in [0.25, 0.3) is 0 Å². The molecule has 0 atom stereocenters. The molecule has 0 amide bonds. The van der Waals surface area contributed by atoms with E-state index in [9.17, 15) is 10.1 Å². The lowest BCUT2D eigenvalue weighted by atomic mass is 10.1. The van der Waals surface area contributed by atoms with E-state index < -0.39 is 4.92 Å². The Kier molecular flexibility index (Phi) is 4.86. The van der Waals surface area contributed by atoms with Crippen LogP contribution in [0.15, 0.2) is 76.9 Å². The molecular formula is C20H15N5O2S. The van der Waals surface area contributed by atoms with Crippen molar-refractivity contribution in [1.29, 1.82) is 0 Å². The van der Waals surface area contributed by atoms with E-state index in [1.165, 1.54) is 18.1 Å². The molecule has 2 aromatic carbocycles. The van der Waals surface area contributed by atoms with Gasteiger partial charge in [-0.2, -0.15) is 0 Å². The van der Waals surface area contributed by atoms with Crippen molar-refractivity contribution >= 4 is 39.9 Å². The van der Waals surface area contributed by atoms with Crippen molar-refractivity contribution in [3.8, 4) is 0 Å². The van der Waals surface area contributed by atoms with E-state index in [0.29, 0.717) is 5.69 Å². The first-order valence-electron chi connectivity index (χ1n) is 8.47. The van der Waals surface area contributed by atoms with Crippen LogP contribution in [-0.2, 0) is 0 Å². The van der Waals surface area contributed by atoms with Gasteiger partial charge in [-0.15, -0.1) is 0 Å². The molecule has 0 fully saturated rings. The van der Waals surface area contributed by atoms with Crippen LogP contribution in [0.3, 0.4) is 0 Å². The summed E-state index contributed by atoms with van der Waals surface area (Å²) in [7, 11) is 0. The molecule has 0 aliphatic carbocycles. The third kappa shape index (κ3) is 3.63. The quantitative estimate of drug-likeness (QED) is 0.287. The summed E-state index contributed by atoms with van der Waals surface area (Å²) in [6, 6.07) is 18.9. The smallest absolute Gasteiger partial charge is 0.333 e. The summed E-state index contributed by atoms with van der Waals surface area (Å²) in [6.07, 6.45) is 1.32. The molecule has 0 saturated carbocycles. The third-order valence-electron chi connectivity index (χ3n) is 4.04. The maximum absolute atomic E-state index is 11.8. The molecule has 0 spiro atoms. The Hall–Kier alpha value is -3.52. The number of pyridine rings is 1. The van der Waals surface area contributed by atoms with Gasteiger partial charge in [-0.25, -0.2) is 9.97 Å². The van der Waals surface area contributed by atoms with Crippen molar-refractivity contribution in [1.82, 2.24) is 15.0 Å². The highest BCUT2D eigenvalue weighted by Gasteiger charge is 2.24. The van der Waals surface area contributed by atoms with Gasteiger partial charge in [0.1, 0.15) is 6.33 Å². The van der Waals surface area contributed by atoms with Crippen molar-refractivity contribution in [2.45, 2.75) is 16.8 Å². The Morgan fingerprint density at radius 3 is 2.61 bits per heavy atom. The average Bonchev–Trinajstić information content (AvgIpc) is 2.69. The van der Waals surface area contributed by atoms with Gasteiger partial charge in [0.05, 0.1) is 16.1 Å².